The number of benzene rings is 1. The normalized spacial score (nSPS) is 14.9. The number of carbonyl (C=O) groups is 1. The molecule has 30 heavy (non-hydrogen) atoms. The zero-order valence-electron chi connectivity index (χ0n) is 17.6. The van der Waals surface area contributed by atoms with Crippen molar-refractivity contribution in [3.8, 4) is 0 Å². The first-order chi connectivity index (χ1) is 14.7. The second-order valence-electron chi connectivity index (χ2n) is 7.73. The number of carbonyl (C=O) groups excluding carboxylic acids is 1. The number of para-hydroxylation sites is 1. The van der Waals surface area contributed by atoms with Crippen molar-refractivity contribution in [3.05, 3.63) is 53.5 Å². The van der Waals surface area contributed by atoms with Crippen LogP contribution in [-0.4, -0.2) is 53.2 Å². The maximum atomic E-state index is 11.7. The zero-order chi connectivity index (χ0) is 20.9. The van der Waals surface area contributed by atoms with Crippen LogP contribution >= 0.6 is 0 Å². The number of aromatic amines is 1. The third-order valence-corrected chi connectivity index (χ3v) is 5.76. The fourth-order valence-electron chi connectivity index (χ4n) is 4.15. The molecule has 1 aliphatic rings. The summed E-state index contributed by atoms with van der Waals surface area (Å²) >= 11 is 0. The first-order valence-electron chi connectivity index (χ1n) is 10.7. The molecule has 2 N–H and O–H groups in total. The smallest absolute Gasteiger partial charge is 0.341 e. The topological polar surface area (TPSA) is 83.1 Å². The Balaban J connectivity index is 1.26. The van der Waals surface area contributed by atoms with E-state index in [1.54, 1.807) is 19.3 Å². The fourth-order valence-corrected chi connectivity index (χ4v) is 4.15. The molecule has 1 aliphatic heterocycles. The van der Waals surface area contributed by atoms with Gasteiger partial charge in [0.15, 0.2) is 0 Å². The summed E-state index contributed by atoms with van der Waals surface area (Å²) in [4.78, 5) is 26.1. The molecule has 1 aromatic carbocycles. The monoisotopic (exact) mass is 407 g/mol. The SMILES string of the molecule is CCOC(=O)c1cnc(N2CCC(NCCc3c(C)[nH]c4ccccc34)CC2)nc1. The van der Waals surface area contributed by atoms with Crippen LogP contribution in [0.25, 0.3) is 10.9 Å². The minimum atomic E-state index is -0.377. The van der Waals surface area contributed by atoms with Crippen molar-refractivity contribution < 1.29 is 9.53 Å². The van der Waals surface area contributed by atoms with Crippen LogP contribution in [0.1, 0.15) is 41.4 Å². The Kier molecular flexibility index (Phi) is 6.28. The number of fused-ring (bicyclic) bond motifs is 1. The summed E-state index contributed by atoms with van der Waals surface area (Å²) in [7, 11) is 0. The van der Waals surface area contributed by atoms with Gasteiger partial charge in [-0.15, -0.1) is 0 Å². The molecule has 0 saturated carbocycles. The number of piperidine rings is 1. The average Bonchev–Trinajstić information content (AvgIpc) is 3.10. The molecule has 0 spiro atoms. The molecule has 2 aromatic heterocycles. The lowest BCUT2D eigenvalue weighted by molar-refractivity contribution is 0.0525. The summed E-state index contributed by atoms with van der Waals surface area (Å²) in [5.74, 6) is 0.299. The molecule has 1 saturated heterocycles. The number of esters is 1. The van der Waals surface area contributed by atoms with Crippen LogP contribution < -0.4 is 10.2 Å². The summed E-state index contributed by atoms with van der Waals surface area (Å²) in [6, 6.07) is 9.01. The first-order valence-corrected chi connectivity index (χ1v) is 10.7. The van der Waals surface area contributed by atoms with E-state index in [9.17, 15) is 4.79 Å². The van der Waals surface area contributed by atoms with E-state index in [0.29, 0.717) is 24.2 Å². The first kappa shape index (κ1) is 20.3. The van der Waals surface area contributed by atoms with E-state index in [2.05, 4.69) is 56.4 Å². The lowest BCUT2D eigenvalue weighted by Gasteiger charge is -2.32. The molecule has 0 bridgehead atoms. The Hall–Kier alpha value is -2.93. The number of aryl methyl sites for hydroxylation is 1. The number of aromatic nitrogens is 3. The molecule has 3 aromatic rings. The highest BCUT2D eigenvalue weighted by atomic mass is 16.5. The molecule has 7 nitrogen and oxygen atoms in total. The molecule has 1 fully saturated rings. The van der Waals surface area contributed by atoms with Crippen LogP contribution in [0.15, 0.2) is 36.7 Å². The second kappa shape index (κ2) is 9.26. The second-order valence-corrected chi connectivity index (χ2v) is 7.73. The van der Waals surface area contributed by atoms with Gasteiger partial charge in [0.1, 0.15) is 0 Å². The largest absolute Gasteiger partial charge is 0.462 e. The van der Waals surface area contributed by atoms with Crippen molar-refractivity contribution >= 4 is 22.8 Å². The molecule has 0 amide bonds. The van der Waals surface area contributed by atoms with Crippen LogP contribution in [0.4, 0.5) is 5.95 Å². The van der Waals surface area contributed by atoms with E-state index < -0.39 is 0 Å². The number of anilines is 1. The molecular formula is C23H29N5O2. The number of nitrogens with zero attached hydrogens (tertiary/aromatic N) is 3. The van der Waals surface area contributed by atoms with E-state index in [0.717, 1.165) is 38.9 Å². The van der Waals surface area contributed by atoms with E-state index in [1.165, 1.54) is 22.2 Å². The molecule has 3 heterocycles. The molecule has 0 unspecified atom stereocenters. The van der Waals surface area contributed by atoms with Crippen molar-refractivity contribution in [1.82, 2.24) is 20.3 Å². The number of nitrogens with one attached hydrogen (secondary N) is 2. The van der Waals surface area contributed by atoms with Crippen LogP contribution in [0.2, 0.25) is 0 Å². The highest BCUT2D eigenvalue weighted by Gasteiger charge is 2.21. The third-order valence-electron chi connectivity index (χ3n) is 5.76. The third kappa shape index (κ3) is 4.46. The van der Waals surface area contributed by atoms with Crippen molar-refractivity contribution in [1.29, 1.82) is 0 Å². The maximum absolute atomic E-state index is 11.7. The summed E-state index contributed by atoms with van der Waals surface area (Å²) in [6.45, 7) is 7.07. The molecule has 4 rings (SSSR count). The van der Waals surface area contributed by atoms with E-state index in [1.807, 2.05) is 0 Å². The van der Waals surface area contributed by atoms with Gasteiger partial charge in [-0.25, -0.2) is 14.8 Å². The van der Waals surface area contributed by atoms with Gasteiger partial charge in [0.25, 0.3) is 0 Å². The number of hydrogen-bond donors (Lipinski definition) is 2. The van der Waals surface area contributed by atoms with E-state index in [-0.39, 0.29) is 5.97 Å². The zero-order valence-corrected chi connectivity index (χ0v) is 17.6. The summed E-state index contributed by atoms with van der Waals surface area (Å²) in [6.07, 6.45) is 6.22. The minimum absolute atomic E-state index is 0.348. The molecule has 0 atom stereocenters. The van der Waals surface area contributed by atoms with Gasteiger partial charge in [-0.05, 0) is 51.3 Å². The number of hydrogen-bond acceptors (Lipinski definition) is 6. The Morgan fingerprint density at radius 1 is 1.23 bits per heavy atom. The average molecular weight is 408 g/mol. The number of ether oxygens (including phenoxy) is 1. The predicted molar refractivity (Wildman–Crippen MR) is 118 cm³/mol. The van der Waals surface area contributed by atoms with Gasteiger partial charge in [0.2, 0.25) is 5.95 Å². The molecule has 7 heteroatoms. The lowest BCUT2D eigenvalue weighted by atomic mass is 10.0. The highest BCUT2D eigenvalue weighted by Crippen LogP contribution is 2.22. The van der Waals surface area contributed by atoms with E-state index in [4.69, 9.17) is 4.74 Å². The van der Waals surface area contributed by atoms with Crippen molar-refractivity contribution in [2.75, 3.05) is 31.1 Å². The van der Waals surface area contributed by atoms with Gasteiger partial charge < -0.3 is 19.9 Å². The van der Waals surface area contributed by atoms with Gasteiger partial charge >= 0.3 is 5.97 Å². The van der Waals surface area contributed by atoms with Crippen molar-refractivity contribution in [2.45, 2.75) is 39.2 Å². The molecule has 158 valence electrons. The molecular weight excluding hydrogens is 378 g/mol. The van der Waals surface area contributed by atoms with Crippen molar-refractivity contribution in [3.63, 3.8) is 0 Å². The van der Waals surface area contributed by atoms with E-state index >= 15 is 0 Å². The Bertz CT molecular complexity index is 991. The standard InChI is InChI=1S/C23H29N5O2/c1-3-30-22(29)17-14-25-23(26-15-17)28-12-9-18(10-13-28)24-11-8-19-16(2)27-21-7-5-4-6-20(19)21/h4-7,14-15,18,24,27H,3,8-13H2,1-2H3. The van der Waals surface area contributed by atoms with Crippen LogP contribution in [0.5, 0.6) is 0 Å². The fraction of sp³-hybridized carbons (Fsp3) is 0.435. The summed E-state index contributed by atoms with van der Waals surface area (Å²) < 4.78 is 4.98. The lowest BCUT2D eigenvalue weighted by Crippen LogP contribution is -2.43. The minimum Gasteiger partial charge on any atom is -0.462 e. The van der Waals surface area contributed by atoms with Crippen LogP contribution in [-0.2, 0) is 11.2 Å². The van der Waals surface area contributed by atoms with Gasteiger partial charge in [0.05, 0.1) is 12.2 Å². The van der Waals surface area contributed by atoms with Gasteiger partial charge in [-0.2, -0.15) is 0 Å². The van der Waals surface area contributed by atoms with Gasteiger partial charge in [-0.1, -0.05) is 18.2 Å². The Morgan fingerprint density at radius 2 is 1.97 bits per heavy atom. The quantitative estimate of drug-likeness (QED) is 0.585. The summed E-state index contributed by atoms with van der Waals surface area (Å²) in [5.41, 5.74) is 4.28. The van der Waals surface area contributed by atoms with Gasteiger partial charge in [0, 0.05) is 48.1 Å². The number of H-pyrrole nitrogens is 1. The van der Waals surface area contributed by atoms with Crippen LogP contribution in [0, 0.1) is 6.92 Å². The maximum Gasteiger partial charge on any atom is 0.341 e. The van der Waals surface area contributed by atoms with Crippen molar-refractivity contribution in [2.24, 2.45) is 0 Å². The predicted octanol–water partition coefficient (Wildman–Crippen LogP) is 3.24. The summed E-state index contributed by atoms with van der Waals surface area (Å²) in [5, 5.41) is 5.05. The number of rotatable bonds is 7. The molecule has 0 aliphatic carbocycles. The van der Waals surface area contributed by atoms with Crippen LogP contribution in [0.3, 0.4) is 0 Å². The molecule has 0 radical (unpaired) electrons. The Labute approximate surface area is 176 Å². The van der Waals surface area contributed by atoms with Gasteiger partial charge in [-0.3, -0.25) is 0 Å². The Morgan fingerprint density at radius 3 is 2.70 bits per heavy atom. The highest BCUT2D eigenvalue weighted by molar-refractivity contribution is 5.88.